The van der Waals surface area contributed by atoms with Gasteiger partial charge in [-0.05, 0) is 111 Å². The molecule has 0 aliphatic rings. The largest absolute Gasteiger partial charge is 0.309 e. The Hall–Kier alpha value is -8.51. The van der Waals surface area contributed by atoms with Crippen LogP contribution in [0, 0.1) is 5.82 Å². The van der Waals surface area contributed by atoms with Crippen molar-refractivity contribution in [3.8, 4) is 28.2 Å². The van der Waals surface area contributed by atoms with E-state index in [9.17, 15) is 4.39 Å². The minimum Gasteiger partial charge on any atom is -0.309 e. The van der Waals surface area contributed by atoms with Crippen LogP contribution < -0.4 is 0 Å². The maximum absolute atomic E-state index is 13.9. The lowest BCUT2D eigenvalue weighted by atomic mass is 9.87. The Bertz CT molecular complexity index is 4710. The molecule has 4 aromatic heterocycles. The number of para-hydroxylation sites is 2. The summed E-state index contributed by atoms with van der Waals surface area (Å²) < 4.78 is 23.9. The van der Waals surface area contributed by atoms with E-state index < -0.39 is 0 Å². The third kappa shape index (κ3) is 5.75. The standard InChI is InChI=1S/C66H44FN3S/c1-66(2,3)42-25-31-44(32-26-42)68-54-18-10-8-14-48(54)49-34-33-46(38-58(49)68)69-56-36-24-41-12-4-5-13-47(41)60(56)62-57(69)37-35-53-59-50-15-6-7-16-51(50)63-61(65(59)71-64(53)62)52-17-9-11-19-55(52)70(63)45-29-22-40(23-30-45)39-20-27-43(67)28-21-39/h4-38H,1-3H3. The molecule has 0 unspecified atom stereocenters. The Morgan fingerprint density at radius 1 is 0.352 bits per heavy atom. The van der Waals surface area contributed by atoms with Crippen molar-refractivity contribution in [1.82, 2.24) is 13.7 Å². The molecule has 0 saturated carbocycles. The number of fused-ring (bicyclic) bond motifs is 19. The summed E-state index contributed by atoms with van der Waals surface area (Å²) in [6.45, 7) is 6.83. The van der Waals surface area contributed by atoms with Crippen molar-refractivity contribution >= 4 is 118 Å². The van der Waals surface area contributed by atoms with E-state index in [1.807, 2.05) is 23.5 Å². The Labute approximate surface area is 412 Å². The maximum atomic E-state index is 13.9. The quantitative estimate of drug-likeness (QED) is 0.167. The highest BCUT2D eigenvalue weighted by Crippen LogP contribution is 2.52. The van der Waals surface area contributed by atoms with Gasteiger partial charge in [-0.1, -0.05) is 160 Å². The van der Waals surface area contributed by atoms with Gasteiger partial charge in [0.1, 0.15) is 5.82 Å². The lowest BCUT2D eigenvalue weighted by molar-refractivity contribution is 0.590. The Kier molecular flexibility index (Phi) is 8.39. The predicted octanol–water partition coefficient (Wildman–Crippen LogP) is 18.8. The van der Waals surface area contributed by atoms with Gasteiger partial charge in [0.25, 0.3) is 0 Å². The molecular weight excluding hydrogens is 886 g/mol. The molecule has 0 amide bonds. The number of hydrogen-bond acceptors (Lipinski definition) is 1. The number of rotatable bonds is 4. The highest BCUT2D eigenvalue weighted by molar-refractivity contribution is 7.28. The van der Waals surface area contributed by atoms with Gasteiger partial charge in [0, 0.05) is 74.9 Å². The summed E-state index contributed by atoms with van der Waals surface area (Å²) in [6.07, 6.45) is 0. The van der Waals surface area contributed by atoms with E-state index >= 15 is 0 Å². The van der Waals surface area contributed by atoms with Gasteiger partial charge >= 0.3 is 0 Å². The van der Waals surface area contributed by atoms with Gasteiger partial charge in [-0.2, -0.15) is 0 Å². The van der Waals surface area contributed by atoms with E-state index in [1.54, 1.807) is 0 Å². The summed E-state index contributed by atoms with van der Waals surface area (Å²) in [5, 5.41) is 15.1. The summed E-state index contributed by atoms with van der Waals surface area (Å²) in [5.74, 6) is -0.231. The molecule has 5 heteroatoms. The van der Waals surface area contributed by atoms with Crippen LogP contribution in [-0.4, -0.2) is 13.7 Å². The second kappa shape index (κ2) is 14.8. The number of hydrogen-bond donors (Lipinski definition) is 0. The lowest BCUT2D eigenvalue weighted by Gasteiger charge is -2.19. The number of halogens is 1. The van der Waals surface area contributed by atoms with Crippen molar-refractivity contribution in [3.05, 3.63) is 224 Å². The topological polar surface area (TPSA) is 14.8 Å². The third-order valence-corrected chi connectivity index (χ3v) is 16.5. The van der Waals surface area contributed by atoms with Gasteiger partial charge in [-0.15, -0.1) is 11.3 Å². The third-order valence-electron chi connectivity index (χ3n) is 15.2. The molecule has 3 nitrogen and oxygen atoms in total. The molecule has 0 radical (unpaired) electrons. The minimum atomic E-state index is -0.231. The van der Waals surface area contributed by atoms with Crippen LogP contribution in [0.1, 0.15) is 26.3 Å². The Morgan fingerprint density at radius 3 is 1.63 bits per heavy atom. The molecule has 0 N–H and O–H groups in total. The average molecular weight is 930 g/mol. The number of thiophene rings is 1. The molecule has 0 aliphatic carbocycles. The first-order chi connectivity index (χ1) is 34.8. The summed E-state index contributed by atoms with van der Waals surface area (Å²) >= 11 is 1.94. The SMILES string of the molecule is CC(C)(C)c1ccc(-n2c3ccccc3c3ccc(-n4c5ccc6ccccc6c5c5c6sc7c(c8ccccc8c8c7c7ccccc7n8-c7ccc(-c8ccc(F)cc8)cc7)c6ccc54)cc32)cc1. The van der Waals surface area contributed by atoms with Crippen molar-refractivity contribution in [1.29, 1.82) is 0 Å². The molecule has 0 spiro atoms. The van der Waals surface area contributed by atoms with E-state index in [1.165, 1.54) is 119 Å². The minimum absolute atomic E-state index is 0.0616. The normalized spacial score (nSPS) is 12.5. The second-order valence-corrected chi connectivity index (χ2v) is 21.2. The fourth-order valence-corrected chi connectivity index (χ4v) is 13.4. The van der Waals surface area contributed by atoms with Gasteiger partial charge in [0.05, 0.1) is 33.1 Å². The smallest absolute Gasteiger partial charge is 0.123 e. The molecule has 15 aromatic rings. The van der Waals surface area contributed by atoms with Crippen LogP contribution in [-0.2, 0) is 5.41 Å². The van der Waals surface area contributed by atoms with Gasteiger partial charge in [-0.25, -0.2) is 4.39 Å². The van der Waals surface area contributed by atoms with Crippen LogP contribution in [0.25, 0.3) is 135 Å². The first kappa shape index (κ1) is 40.4. The summed E-state index contributed by atoms with van der Waals surface area (Å²) in [5.41, 5.74) is 13.9. The zero-order valence-corrected chi connectivity index (χ0v) is 40.2. The molecule has 0 atom stereocenters. The first-order valence-corrected chi connectivity index (χ1v) is 25.3. The van der Waals surface area contributed by atoms with Crippen molar-refractivity contribution in [2.45, 2.75) is 26.2 Å². The summed E-state index contributed by atoms with van der Waals surface area (Å²) in [4.78, 5) is 0. The highest BCUT2D eigenvalue weighted by Gasteiger charge is 2.26. The number of nitrogens with zero attached hydrogens (tertiary/aromatic N) is 3. The lowest BCUT2D eigenvalue weighted by Crippen LogP contribution is -2.10. The van der Waals surface area contributed by atoms with Crippen LogP contribution in [0.15, 0.2) is 212 Å². The van der Waals surface area contributed by atoms with Gasteiger partial charge < -0.3 is 13.7 Å². The maximum Gasteiger partial charge on any atom is 0.123 e. The van der Waals surface area contributed by atoms with Crippen molar-refractivity contribution in [2.75, 3.05) is 0 Å². The van der Waals surface area contributed by atoms with Crippen LogP contribution >= 0.6 is 11.3 Å². The fraction of sp³-hybridized carbons (Fsp3) is 0.0606. The van der Waals surface area contributed by atoms with Gasteiger partial charge in [0.15, 0.2) is 0 Å². The molecule has 0 aliphatic heterocycles. The number of aromatic nitrogens is 3. The molecule has 336 valence electrons. The molecule has 15 rings (SSSR count). The van der Waals surface area contributed by atoms with E-state index in [0.717, 1.165) is 33.7 Å². The highest BCUT2D eigenvalue weighted by atomic mass is 32.1. The van der Waals surface area contributed by atoms with E-state index in [2.05, 4.69) is 223 Å². The van der Waals surface area contributed by atoms with Crippen LogP contribution in [0.5, 0.6) is 0 Å². The summed E-state index contributed by atoms with van der Waals surface area (Å²) in [7, 11) is 0. The van der Waals surface area contributed by atoms with Crippen LogP contribution in [0.3, 0.4) is 0 Å². The van der Waals surface area contributed by atoms with Crippen molar-refractivity contribution in [2.24, 2.45) is 0 Å². The first-order valence-electron chi connectivity index (χ1n) is 24.4. The molecular formula is C66H44FN3S. The number of benzene rings is 11. The molecule has 0 bridgehead atoms. The average Bonchev–Trinajstić information content (AvgIpc) is 4.16. The predicted molar refractivity (Wildman–Crippen MR) is 301 cm³/mol. The second-order valence-electron chi connectivity index (χ2n) is 20.2. The molecule has 0 fully saturated rings. The zero-order chi connectivity index (χ0) is 47.3. The van der Waals surface area contributed by atoms with Crippen LogP contribution in [0.2, 0.25) is 0 Å². The molecule has 11 aromatic carbocycles. The Balaban J connectivity index is 1.03. The van der Waals surface area contributed by atoms with E-state index in [-0.39, 0.29) is 11.2 Å². The summed E-state index contributed by atoms with van der Waals surface area (Å²) in [6, 6.07) is 76.6. The van der Waals surface area contributed by atoms with E-state index in [0.29, 0.717) is 0 Å². The molecule has 4 heterocycles. The van der Waals surface area contributed by atoms with Crippen molar-refractivity contribution < 1.29 is 4.39 Å². The monoisotopic (exact) mass is 929 g/mol. The molecule has 0 saturated heterocycles. The molecule has 71 heavy (non-hydrogen) atoms. The Morgan fingerprint density at radius 2 is 0.887 bits per heavy atom. The van der Waals surface area contributed by atoms with Crippen molar-refractivity contribution in [3.63, 3.8) is 0 Å². The zero-order valence-electron chi connectivity index (χ0n) is 39.3. The van der Waals surface area contributed by atoms with Crippen LogP contribution in [0.4, 0.5) is 4.39 Å². The fourth-order valence-electron chi connectivity index (χ4n) is 12.0. The van der Waals surface area contributed by atoms with Gasteiger partial charge in [0.2, 0.25) is 0 Å². The van der Waals surface area contributed by atoms with E-state index in [4.69, 9.17) is 0 Å². The van der Waals surface area contributed by atoms with Gasteiger partial charge in [-0.3, -0.25) is 0 Å².